The van der Waals surface area contributed by atoms with Gasteiger partial charge in [0.05, 0.1) is 20.0 Å². The van der Waals surface area contributed by atoms with E-state index < -0.39 is 0 Å². The van der Waals surface area contributed by atoms with E-state index in [1.165, 1.54) is 11.8 Å². The van der Waals surface area contributed by atoms with Crippen molar-refractivity contribution in [2.45, 2.75) is 32.3 Å². The van der Waals surface area contributed by atoms with Crippen LogP contribution in [0.2, 0.25) is 0 Å². The lowest BCUT2D eigenvalue weighted by Gasteiger charge is -2.17. The quantitative estimate of drug-likeness (QED) is 0.510. The summed E-state index contributed by atoms with van der Waals surface area (Å²) in [6.07, 6.45) is 0.743. The SMILES string of the molecule is COc1ccc(CCN(C)C(=O)CSc2nc(C)c(C)c(C)n2)cc1OC. The molecule has 0 atom stereocenters. The Balaban J connectivity index is 1.89. The minimum absolute atomic E-state index is 0.0555. The summed E-state index contributed by atoms with van der Waals surface area (Å²) >= 11 is 1.38. The summed E-state index contributed by atoms with van der Waals surface area (Å²) in [6, 6.07) is 5.81. The van der Waals surface area contributed by atoms with E-state index in [0.717, 1.165) is 28.9 Å². The Bertz CT molecular complexity index is 788. The van der Waals surface area contributed by atoms with Crippen molar-refractivity contribution in [3.05, 3.63) is 40.7 Å². The number of amides is 1. The molecule has 0 aliphatic carbocycles. The summed E-state index contributed by atoms with van der Waals surface area (Å²) in [5.41, 5.74) is 4.10. The fourth-order valence-electron chi connectivity index (χ4n) is 2.50. The number of likely N-dealkylation sites (N-methyl/N-ethyl adjacent to an activating group) is 1. The zero-order valence-corrected chi connectivity index (χ0v) is 17.6. The normalized spacial score (nSPS) is 10.6. The molecule has 146 valence electrons. The second-order valence-corrected chi connectivity index (χ2v) is 7.29. The molecule has 2 rings (SSSR count). The lowest BCUT2D eigenvalue weighted by molar-refractivity contribution is -0.127. The number of rotatable bonds is 8. The van der Waals surface area contributed by atoms with Crippen LogP contribution in [0.3, 0.4) is 0 Å². The molecule has 0 aliphatic rings. The van der Waals surface area contributed by atoms with Crippen molar-refractivity contribution >= 4 is 17.7 Å². The first-order valence-electron chi connectivity index (χ1n) is 8.75. The number of aromatic nitrogens is 2. The topological polar surface area (TPSA) is 64.5 Å². The van der Waals surface area contributed by atoms with E-state index in [4.69, 9.17) is 9.47 Å². The predicted octanol–water partition coefficient (Wildman–Crippen LogP) is 3.21. The summed E-state index contributed by atoms with van der Waals surface area (Å²) < 4.78 is 10.6. The number of carbonyl (C=O) groups excluding carboxylic acids is 1. The maximum absolute atomic E-state index is 12.4. The van der Waals surface area contributed by atoms with E-state index >= 15 is 0 Å². The van der Waals surface area contributed by atoms with E-state index in [2.05, 4.69) is 9.97 Å². The van der Waals surface area contributed by atoms with Crippen molar-refractivity contribution in [2.75, 3.05) is 33.6 Å². The maximum atomic E-state index is 12.4. The number of nitrogens with zero attached hydrogens (tertiary/aromatic N) is 3. The highest BCUT2D eigenvalue weighted by Crippen LogP contribution is 2.27. The standard InChI is InChI=1S/C20H27N3O3S/c1-13-14(2)21-20(22-15(13)3)27-12-19(24)23(4)10-9-16-7-8-17(25-5)18(11-16)26-6/h7-8,11H,9-10,12H2,1-6H3. The highest BCUT2D eigenvalue weighted by atomic mass is 32.2. The molecular formula is C20H27N3O3S. The van der Waals surface area contributed by atoms with Crippen LogP contribution in [-0.2, 0) is 11.2 Å². The second-order valence-electron chi connectivity index (χ2n) is 6.35. The Morgan fingerprint density at radius 2 is 1.70 bits per heavy atom. The van der Waals surface area contributed by atoms with Gasteiger partial charge >= 0.3 is 0 Å². The second kappa shape index (κ2) is 9.60. The van der Waals surface area contributed by atoms with E-state index in [0.29, 0.717) is 29.0 Å². The summed E-state index contributed by atoms with van der Waals surface area (Å²) in [7, 11) is 5.05. The van der Waals surface area contributed by atoms with Crippen LogP contribution in [-0.4, -0.2) is 54.3 Å². The maximum Gasteiger partial charge on any atom is 0.232 e. The molecule has 0 spiro atoms. The summed E-state index contributed by atoms with van der Waals surface area (Å²) in [5, 5.41) is 0.650. The molecule has 0 radical (unpaired) electrons. The molecule has 0 fully saturated rings. The molecule has 0 saturated heterocycles. The molecule has 1 amide bonds. The Labute approximate surface area is 165 Å². The molecule has 1 aromatic heterocycles. The predicted molar refractivity (Wildman–Crippen MR) is 108 cm³/mol. The first-order chi connectivity index (χ1) is 12.8. The molecule has 6 nitrogen and oxygen atoms in total. The number of carbonyl (C=O) groups is 1. The number of hydrogen-bond donors (Lipinski definition) is 0. The molecule has 2 aromatic rings. The third kappa shape index (κ3) is 5.60. The highest BCUT2D eigenvalue weighted by molar-refractivity contribution is 7.99. The Morgan fingerprint density at radius 1 is 1.07 bits per heavy atom. The van der Waals surface area contributed by atoms with Crippen LogP contribution < -0.4 is 9.47 Å². The van der Waals surface area contributed by atoms with Crippen LogP contribution in [0.25, 0.3) is 0 Å². The van der Waals surface area contributed by atoms with Gasteiger partial charge in [0.1, 0.15) is 0 Å². The van der Waals surface area contributed by atoms with Crippen LogP contribution in [0.5, 0.6) is 11.5 Å². The minimum atomic E-state index is 0.0555. The zero-order valence-electron chi connectivity index (χ0n) is 16.8. The summed E-state index contributed by atoms with van der Waals surface area (Å²) in [4.78, 5) is 23.0. The Hall–Kier alpha value is -2.28. The molecule has 0 bridgehead atoms. The fourth-order valence-corrected chi connectivity index (χ4v) is 3.38. The van der Waals surface area contributed by atoms with Crippen LogP contribution in [0.4, 0.5) is 0 Å². The van der Waals surface area contributed by atoms with E-state index in [9.17, 15) is 4.79 Å². The fraction of sp³-hybridized carbons (Fsp3) is 0.450. The van der Waals surface area contributed by atoms with Gasteiger partial charge in [-0.2, -0.15) is 0 Å². The van der Waals surface area contributed by atoms with Crippen LogP contribution in [0.1, 0.15) is 22.5 Å². The molecular weight excluding hydrogens is 362 g/mol. The number of ether oxygens (including phenoxy) is 2. The molecule has 7 heteroatoms. The average Bonchev–Trinajstić information content (AvgIpc) is 2.67. The molecule has 1 heterocycles. The Kier molecular flexibility index (Phi) is 7.47. The highest BCUT2D eigenvalue weighted by Gasteiger charge is 2.13. The zero-order chi connectivity index (χ0) is 20.0. The van der Waals surface area contributed by atoms with Gasteiger partial charge in [-0.25, -0.2) is 9.97 Å². The first kappa shape index (κ1) is 21.0. The van der Waals surface area contributed by atoms with Crippen molar-refractivity contribution in [2.24, 2.45) is 0 Å². The van der Waals surface area contributed by atoms with Gasteiger partial charge in [-0.3, -0.25) is 4.79 Å². The van der Waals surface area contributed by atoms with Crippen molar-refractivity contribution in [1.82, 2.24) is 14.9 Å². The molecule has 27 heavy (non-hydrogen) atoms. The van der Waals surface area contributed by atoms with Crippen molar-refractivity contribution in [3.63, 3.8) is 0 Å². The molecule has 0 saturated carbocycles. The van der Waals surface area contributed by atoms with Gasteiger partial charge in [-0.15, -0.1) is 0 Å². The van der Waals surface area contributed by atoms with Crippen LogP contribution in [0.15, 0.2) is 23.4 Å². The van der Waals surface area contributed by atoms with Gasteiger partial charge in [-0.1, -0.05) is 17.8 Å². The van der Waals surface area contributed by atoms with E-state index in [1.807, 2.05) is 46.0 Å². The van der Waals surface area contributed by atoms with Gasteiger partial charge in [0.25, 0.3) is 0 Å². The third-order valence-electron chi connectivity index (χ3n) is 4.55. The monoisotopic (exact) mass is 389 g/mol. The molecule has 1 aromatic carbocycles. The van der Waals surface area contributed by atoms with Gasteiger partial charge in [0.15, 0.2) is 16.7 Å². The van der Waals surface area contributed by atoms with Gasteiger partial charge in [-0.05, 0) is 50.5 Å². The third-order valence-corrected chi connectivity index (χ3v) is 5.38. The number of aryl methyl sites for hydroxylation is 2. The first-order valence-corrected chi connectivity index (χ1v) is 9.73. The molecule has 0 unspecified atom stereocenters. The smallest absolute Gasteiger partial charge is 0.232 e. The van der Waals surface area contributed by atoms with Crippen molar-refractivity contribution in [1.29, 1.82) is 0 Å². The molecule has 0 aliphatic heterocycles. The number of hydrogen-bond acceptors (Lipinski definition) is 6. The lowest BCUT2D eigenvalue weighted by Crippen LogP contribution is -2.30. The van der Waals surface area contributed by atoms with Crippen LogP contribution >= 0.6 is 11.8 Å². The van der Waals surface area contributed by atoms with Gasteiger partial charge < -0.3 is 14.4 Å². The number of benzene rings is 1. The Morgan fingerprint density at radius 3 is 2.30 bits per heavy atom. The largest absolute Gasteiger partial charge is 0.493 e. The van der Waals surface area contributed by atoms with Crippen molar-refractivity contribution < 1.29 is 14.3 Å². The van der Waals surface area contributed by atoms with Gasteiger partial charge in [0.2, 0.25) is 5.91 Å². The average molecular weight is 390 g/mol. The minimum Gasteiger partial charge on any atom is -0.493 e. The molecule has 0 N–H and O–H groups in total. The van der Waals surface area contributed by atoms with E-state index in [-0.39, 0.29) is 5.91 Å². The lowest BCUT2D eigenvalue weighted by atomic mass is 10.1. The summed E-state index contributed by atoms with van der Waals surface area (Å²) in [5.74, 6) is 1.78. The number of thioether (sulfide) groups is 1. The van der Waals surface area contributed by atoms with Crippen molar-refractivity contribution in [3.8, 4) is 11.5 Å². The van der Waals surface area contributed by atoms with Gasteiger partial charge in [0, 0.05) is 25.0 Å². The van der Waals surface area contributed by atoms with Crippen LogP contribution in [0, 0.1) is 20.8 Å². The summed E-state index contributed by atoms with van der Waals surface area (Å²) in [6.45, 7) is 6.56. The number of methoxy groups -OCH3 is 2. The van der Waals surface area contributed by atoms with E-state index in [1.54, 1.807) is 19.1 Å².